The highest BCUT2D eigenvalue weighted by molar-refractivity contribution is 6.08. The summed E-state index contributed by atoms with van der Waals surface area (Å²) in [5.41, 5.74) is 3.47. The maximum Gasteiger partial charge on any atom is 0.188 e. The summed E-state index contributed by atoms with van der Waals surface area (Å²) in [6.45, 7) is 1.58. The van der Waals surface area contributed by atoms with Crippen molar-refractivity contribution in [3.05, 3.63) is 68.0 Å². The van der Waals surface area contributed by atoms with Crippen LogP contribution in [0.15, 0.2) is 24.3 Å². The van der Waals surface area contributed by atoms with Gasteiger partial charge in [-0.1, -0.05) is 12.2 Å². The number of ketones is 2. The number of nitrogens with one attached hydrogen (secondary N) is 3. The number of aromatic nitrogens is 2. The zero-order valence-electron chi connectivity index (χ0n) is 17.1. The number of rotatable bonds is 6. The highest BCUT2D eigenvalue weighted by atomic mass is 16.1. The van der Waals surface area contributed by atoms with E-state index in [4.69, 9.17) is 0 Å². The molecule has 0 saturated carbocycles. The second-order valence-corrected chi connectivity index (χ2v) is 7.72. The zero-order chi connectivity index (χ0) is 20.5. The average Bonchev–Trinajstić information content (AvgIpc) is 3.24. The second-order valence-electron chi connectivity index (χ2n) is 7.72. The van der Waals surface area contributed by atoms with Gasteiger partial charge in [0.05, 0.1) is 32.5 Å². The van der Waals surface area contributed by atoms with E-state index in [0.29, 0.717) is 0 Å². The van der Waals surface area contributed by atoms with Crippen molar-refractivity contribution in [2.75, 3.05) is 34.2 Å². The van der Waals surface area contributed by atoms with E-state index in [-0.39, 0.29) is 11.6 Å². The van der Waals surface area contributed by atoms with Crippen molar-refractivity contribution in [3.8, 4) is 0 Å². The number of fused-ring (bicyclic) bond motifs is 2. The summed E-state index contributed by atoms with van der Waals surface area (Å²) in [4.78, 5) is 34.3. The Morgan fingerprint density at radius 1 is 0.862 bits per heavy atom. The third-order valence-corrected chi connectivity index (χ3v) is 5.46. The van der Waals surface area contributed by atoms with Gasteiger partial charge in [-0.2, -0.15) is 0 Å². The van der Waals surface area contributed by atoms with E-state index in [1.54, 1.807) is 24.3 Å². The molecule has 2 aliphatic carbocycles. The van der Waals surface area contributed by atoms with Crippen molar-refractivity contribution in [2.45, 2.75) is 12.8 Å². The summed E-state index contributed by atoms with van der Waals surface area (Å²) in [7, 11) is 5.96. The number of H-pyrrole nitrogens is 2. The summed E-state index contributed by atoms with van der Waals surface area (Å²) in [6.07, 6.45) is 12.1. The summed E-state index contributed by atoms with van der Waals surface area (Å²) in [5, 5.41) is 6.66. The van der Waals surface area contributed by atoms with Gasteiger partial charge in [0.2, 0.25) is 0 Å². The summed E-state index contributed by atoms with van der Waals surface area (Å²) >= 11 is 0. The Morgan fingerprint density at radius 3 is 1.86 bits per heavy atom. The lowest BCUT2D eigenvalue weighted by molar-refractivity contribution is 0.103. The number of hydrogen-bond acceptors (Lipinski definition) is 4. The van der Waals surface area contributed by atoms with Crippen molar-refractivity contribution < 1.29 is 9.59 Å². The van der Waals surface area contributed by atoms with Crippen LogP contribution in [0.1, 0.15) is 31.8 Å². The number of carbonyl (C=O) groups is 2. The Hall–Kier alpha value is -2.96. The molecule has 0 aromatic carbocycles. The third-order valence-electron chi connectivity index (χ3n) is 5.46. The fourth-order valence-electron chi connectivity index (χ4n) is 4.08. The van der Waals surface area contributed by atoms with Gasteiger partial charge in [0.1, 0.15) is 0 Å². The number of aromatic amines is 2. The molecular weight excluding hydrogens is 364 g/mol. The molecule has 0 spiro atoms. The summed E-state index contributed by atoms with van der Waals surface area (Å²) in [6, 6.07) is 0. The van der Waals surface area contributed by atoms with E-state index in [9.17, 15) is 9.59 Å². The van der Waals surface area contributed by atoms with Gasteiger partial charge in [0, 0.05) is 6.54 Å². The van der Waals surface area contributed by atoms with Crippen LogP contribution in [-0.4, -0.2) is 60.7 Å². The lowest BCUT2D eigenvalue weighted by atomic mass is 9.99. The van der Waals surface area contributed by atoms with Crippen molar-refractivity contribution in [1.29, 1.82) is 0 Å². The molecule has 2 aromatic rings. The average molecular weight is 390 g/mol. The predicted molar refractivity (Wildman–Crippen MR) is 114 cm³/mol. The van der Waals surface area contributed by atoms with Crippen LogP contribution in [0.25, 0.3) is 12.2 Å². The Balaban J connectivity index is 2.09. The van der Waals surface area contributed by atoms with Crippen molar-refractivity contribution in [2.24, 2.45) is 0 Å². The first-order chi connectivity index (χ1) is 14.0. The lowest BCUT2D eigenvalue weighted by Crippen LogP contribution is -2.19. The van der Waals surface area contributed by atoms with Gasteiger partial charge < -0.3 is 20.2 Å². The molecule has 0 fully saturated rings. The Labute approximate surface area is 169 Å². The Bertz CT molecular complexity index is 1260. The minimum atomic E-state index is 0.0200. The molecule has 0 atom stereocenters. The number of allylic oxidation sites excluding steroid dienone is 4. The molecule has 2 aliphatic rings. The summed E-state index contributed by atoms with van der Waals surface area (Å²) < 4.78 is 0. The van der Waals surface area contributed by atoms with E-state index in [1.165, 1.54) is 0 Å². The highest BCUT2D eigenvalue weighted by Gasteiger charge is 2.21. The normalized spacial score (nSPS) is 16.0. The Morgan fingerprint density at radius 2 is 1.38 bits per heavy atom. The molecular formula is C23H26N4O2. The van der Waals surface area contributed by atoms with E-state index < -0.39 is 0 Å². The fraction of sp³-hybridized carbons (Fsp3) is 0.304. The van der Waals surface area contributed by atoms with Gasteiger partial charge in [-0.15, -0.1) is 0 Å². The van der Waals surface area contributed by atoms with Crippen LogP contribution in [0.3, 0.4) is 0 Å². The van der Waals surface area contributed by atoms with E-state index in [0.717, 1.165) is 69.6 Å². The quantitative estimate of drug-likeness (QED) is 0.673. The highest BCUT2D eigenvalue weighted by Crippen LogP contribution is 2.17. The van der Waals surface area contributed by atoms with Crippen LogP contribution < -0.4 is 16.0 Å². The van der Waals surface area contributed by atoms with E-state index in [2.05, 4.69) is 20.2 Å². The summed E-state index contributed by atoms with van der Waals surface area (Å²) in [5.74, 6) is 0.0442. The molecule has 150 valence electrons. The standard InChI is InChI=1S/C23H26N4O2/c1-24-12-10-14-20-16(6-4-8-18(20)28)25-22(14)23-15(11-13-27(2)3)21-17(26-23)7-5-9-19(21)29/h4-9,24-26H,10-13H2,1-3H3. The molecule has 0 radical (unpaired) electrons. The molecule has 0 unspecified atom stereocenters. The molecule has 4 rings (SSSR count). The molecule has 0 amide bonds. The topological polar surface area (TPSA) is 81.0 Å². The van der Waals surface area contributed by atoms with Gasteiger partial charge in [-0.3, -0.25) is 9.59 Å². The van der Waals surface area contributed by atoms with Crippen molar-refractivity contribution in [3.63, 3.8) is 0 Å². The SMILES string of the molecule is CNCCc1c2c([nH]c1=c1[nH]c3c(c1CCN(C)C)C(=O)C=CC=3)=CC=CC2=O. The van der Waals surface area contributed by atoms with Crippen LogP contribution >= 0.6 is 0 Å². The molecule has 6 nitrogen and oxygen atoms in total. The van der Waals surface area contributed by atoms with Crippen molar-refractivity contribution in [1.82, 2.24) is 20.2 Å². The molecule has 0 aliphatic heterocycles. The van der Waals surface area contributed by atoms with Gasteiger partial charge in [0.15, 0.2) is 11.6 Å². The molecule has 2 aromatic heterocycles. The maximum atomic E-state index is 12.7. The first kappa shape index (κ1) is 19.4. The van der Waals surface area contributed by atoms with Crippen LogP contribution in [0.2, 0.25) is 0 Å². The second kappa shape index (κ2) is 7.81. The maximum absolute atomic E-state index is 12.7. The van der Waals surface area contributed by atoms with Crippen molar-refractivity contribution >= 4 is 23.7 Å². The van der Waals surface area contributed by atoms with Crippen LogP contribution in [0.5, 0.6) is 0 Å². The van der Waals surface area contributed by atoms with Crippen LogP contribution in [0, 0.1) is 10.7 Å². The molecule has 29 heavy (non-hydrogen) atoms. The largest absolute Gasteiger partial charge is 0.353 e. The van der Waals surface area contributed by atoms with Crippen LogP contribution in [-0.2, 0) is 12.8 Å². The number of nitrogens with zero attached hydrogens (tertiary/aromatic N) is 1. The fourth-order valence-corrected chi connectivity index (χ4v) is 4.08. The minimum absolute atomic E-state index is 0.0200. The predicted octanol–water partition coefficient (Wildman–Crippen LogP) is 0.562. The Kier molecular flexibility index (Phi) is 5.22. The van der Waals surface area contributed by atoms with E-state index >= 15 is 0 Å². The van der Waals surface area contributed by atoms with Gasteiger partial charge in [-0.05, 0) is 76.0 Å². The van der Waals surface area contributed by atoms with Gasteiger partial charge >= 0.3 is 0 Å². The molecule has 2 heterocycles. The first-order valence-electron chi connectivity index (χ1n) is 9.92. The number of hydrogen-bond donors (Lipinski definition) is 3. The van der Waals surface area contributed by atoms with E-state index in [1.807, 2.05) is 33.3 Å². The first-order valence-corrected chi connectivity index (χ1v) is 9.92. The molecule has 0 bridgehead atoms. The van der Waals surface area contributed by atoms with Crippen LogP contribution in [0.4, 0.5) is 0 Å². The lowest BCUT2D eigenvalue weighted by Gasteiger charge is -2.10. The smallest absolute Gasteiger partial charge is 0.188 e. The number of likely N-dealkylation sites (N-methyl/N-ethyl adjacent to an activating group) is 2. The van der Waals surface area contributed by atoms with Gasteiger partial charge in [-0.25, -0.2) is 0 Å². The minimum Gasteiger partial charge on any atom is -0.353 e. The molecule has 3 N–H and O–H groups in total. The monoisotopic (exact) mass is 390 g/mol. The van der Waals surface area contributed by atoms with Gasteiger partial charge in [0.25, 0.3) is 0 Å². The zero-order valence-corrected chi connectivity index (χ0v) is 17.1. The molecule has 0 saturated heterocycles. The third kappa shape index (κ3) is 3.45. The molecule has 6 heteroatoms. The number of carbonyl (C=O) groups excluding carboxylic acids is 2.